The topological polar surface area (TPSA) is 48.5 Å². The summed E-state index contributed by atoms with van der Waals surface area (Å²) < 4.78 is 4.09. The Kier molecular flexibility index (Phi) is 4.26. The number of para-hydroxylation sites is 1. The number of rotatable bonds is 6. The number of hydrogen-bond donors (Lipinski definition) is 0. The van der Waals surface area contributed by atoms with Gasteiger partial charge in [0, 0.05) is 29.8 Å². The molecule has 1 saturated carbocycles. The quantitative estimate of drug-likeness (QED) is 0.463. The summed E-state index contributed by atoms with van der Waals surface area (Å²) in [7, 11) is 0. The van der Waals surface area contributed by atoms with E-state index in [2.05, 4.69) is 68.4 Å². The van der Waals surface area contributed by atoms with Crippen LogP contribution in [0.3, 0.4) is 0 Å². The maximum atomic E-state index is 4.50. The van der Waals surface area contributed by atoms with E-state index in [9.17, 15) is 0 Å². The SMILES string of the molecule is c1ccc(-n2c(SCc3ccc(-n4cccn4)cc3)nnc2C2CC2)cc1. The highest BCUT2D eigenvalue weighted by molar-refractivity contribution is 7.98. The fourth-order valence-electron chi connectivity index (χ4n) is 3.11. The normalized spacial score (nSPS) is 13.8. The largest absolute Gasteiger partial charge is 0.274 e. The van der Waals surface area contributed by atoms with Crippen molar-refractivity contribution in [3.05, 3.63) is 84.4 Å². The summed E-state index contributed by atoms with van der Waals surface area (Å²) in [5.41, 5.74) is 3.46. The molecule has 2 heterocycles. The van der Waals surface area contributed by atoms with Gasteiger partial charge in [0.2, 0.25) is 0 Å². The molecule has 1 aliphatic rings. The molecular formula is C21H19N5S. The van der Waals surface area contributed by atoms with Crippen molar-refractivity contribution < 1.29 is 0 Å². The van der Waals surface area contributed by atoms with Crippen LogP contribution < -0.4 is 0 Å². The first kappa shape index (κ1) is 16.3. The fourth-order valence-corrected chi connectivity index (χ4v) is 4.03. The smallest absolute Gasteiger partial charge is 0.196 e. The van der Waals surface area contributed by atoms with Gasteiger partial charge in [-0.15, -0.1) is 10.2 Å². The molecule has 0 N–H and O–H groups in total. The third kappa shape index (κ3) is 3.40. The van der Waals surface area contributed by atoms with Crippen LogP contribution in [-0.2, 0) is 5.75 Å². The van der Waals surface area contributed by atoms with Gasteiger partial charge in [-0.3, -0.25) is 4.57 Å². The minimum absolute atomic E-state index is 0.556. The number of nitrogens with zero attached hydrogens (tertiary/aromatic N) is 5. The highest BCUT2D eigenvalue weighted by Crippen LogP contribution is 2.41. The molecule has 5 rings (SSSR count). The van der Waals surface area contributed by atoms with Crippen molar-refractivity contribution in [3.8, 4) is 11.4 Å². The zero-order chi connectivity index (χ0) is 18.1. The zero-order valence-corrected chi connectivity index (χ0v) is 15.6. The minimum Gasteiger partial charge on any atom is -0.274 e. The maximum Gasteiger partial charge on any atom is 0.196 e. The predicted molar refractivity (Wildman–Crippen MR) is 106 cm³/mol. The Morgan fingerprint density at radius 3 is 2.41 bits per heavy atom. The van der Waals surface area contributed by atoms with Crippen LogP contribution in [0.5, 0.6) is 0 Å². The molecule has 0 bridgehead atoms. The predicted octanol–water partition coefficient (Wildman–Crippen LogP) is 4.62. The monoisotopic (exact) mass is 373 g/mol. The van der Waals surface area contributed by atoms with Crippen molar-refractivity contribution in [1.29, 1.82) is 0 Å². The second-order valence-electron chi connectivity index (χ2n) is 6.69. The molecule has 0 spiro atoms. The van der Waals surface area contributed by atoms with E-state index in [4.69, 9.17) is 0 Å². The van der Waals surface area contributed by atoms with Gasteiger partial charge in [0.15, 0.2) is 5.16 Å². The molecule has 0 amide bonds. The molecule has 27 heavy (non-hydrogen) atoms. The van der Waals surface area contributed by atoms with Crippen molar-refractivity contribution in [2.75, 3.05) is 0 Å². The van der Waals surface area contributed by atoms with Gasteiger partial charge in [0.25, 0.3) is 0 Å². The number of hydrogen-bond acceptors (Lipinski definition) is 4. The third-order valence-corrected chi connectivity index (χ3v) is 5.69. The fraction of sp³-hybridized carbons (Fsp3) is 0.190. The lowest BCUT2D eigenvalue weighted by Crippen LogP contribution is -2.01. The highest BCUT2D eigenvalue weighted by atomic mass is 32.2. The summed E-state index contributed by atoms with van der Waals surface area (Å²) in [6.07, 6.45) is 6.16. The second-order valence-corrected chi connectivity index (χ2v) is 7.63. The van der Waals surface area contributed by atoms with Crippen molar-refractivity contribution in [2.45, 2.75) is 29.7 Å². The molecule has 2 aromatic heterocycles. The zero-order valence-electron chi connectivity index (χ0n) is 14.8. The number of benzene rings is 2. The van der Waals surface area contributed by atoms with E-state index >= 15 is 0 Å². The lowest BCUT2D eigenvalue weighted by atomic mass is 10.2. The van der Waals surface area contributed by atoms with E-state index in [1.165, 1.54) is 18.4 Å². The van der Waals surface area contributed by atoms with E-state index in [-0.39, 0.29) is 0 Å². The van der Waals surface area contributed by atoms with Crippen LogP contribution in [0.25, 0.3) is 11.4 Å². The summed E-state index contributed by atoms with van der Waals surface area (Å²) in [6.45, 7) is 0. The van der Waals surface area contributed by atoms with E-state index in [0.717, 1.165) is 28.1 Å². The van der Waals surface area contributed by atoms with Crippen molar-refractivity contribution >= 4 is 11.8 Å². The molecule has 134 valence electrons. The summed E-state index contributed by atoms with van der Waals surface area (Å²) in [5, 5.41) is 14.2. The second kappa shape index (κ2) is 7.04. The van der Waals surface area contributed by atoms with Gasteiger partial charge in [0.1, 0.15) is 5.82 Å². The maximum absolute atomic E-state index is 4.50. The summed E-state index contributed by atoms with van der Waals surface area (Å²) in [5.74, 6) is 2.51. The average molecular weight is 373 g/mol. The van der Waals surface area contributed by atoms with Crippen molar-refractivity contribution in [3.63, 3.8) is 0 Å². The van der Waals surface area contributed by atoms with Crippen LogP contribution >= 0.6 is 11.8 Å². The van der Waals surface area contributed by atoms with Gasteiger partial charge in [-0.2, -0.15) is 5.10 Å². The number of thioether (sulfide) groups is 1. The molecule has 2 aromatic carbocycles. The lowest BCUT2D eigenvalue weighted by molar-refractivity contribution is 0.829. The Labute approximate surface area is 162 Å². The summed E-state index contributed by atoms with van der Waals surface area (Å²) in [4.78, 5) is 0. The Morgan fingerprint density at radius 2 is 1.70 bits per heavy atom. The average Bonchev–Trinajstić information content (AvgIpc) is 3.25. The van der Waals surface area contributed by atoms with Gasteiger partial charge in [0.05, 0.1) is 5.69 Å². The Bertz CT molecular complexity index is 1020. The molecule has 5 nitrogen and oxygen atoms in total. The standard InChI is InChI=1S/C21H19N5S/c1-2-5-19(6-3-1)26-20(17-9-10-17)23-24-21(26)27-15-16-7-11-18(12-8-16)25-14-4-13-22-25/h1-8,11-14,17H,9-10,15H2. The van der Waals surface area contributed by atoms with Crippen molar-refractivity contribution in [2.24, 2.45) is 0 Å². The molecule has 4 aromatic rings. The van der Waals surface area contributed by atoms with Gasteiger partial charge in [-0.25, -0.2) is 4.68 Å². The van der Waals surface area contributed by atoms with E-state index in [0.29, 0.717) is 5.92 Å². The first-order valence-corrected chi connectivity index (χ1v) is 10.1. The molecule has 0 saturated heterocycles. The van der Waals surface area contributed by atoms with Crippen LogP contribution in [0.2, 0.25) is 0 Å². The summed E-state index contributed by atoms with van der Waals surface area (Å²) in [6, 6.07) is 20.8. The van der Waals surface area contributed by atoms with Gasteiger partial charge in [-0.1, -0.05) is 42.1 Å². The van der Waals surface area contributed by atoms with Crippen LogP contribution in [-0.4, -0.2) is 24.5 Å². The molecule has 0 atom stereocenters. The molecule has 0 radical (unpaired) electrons. The van der Waals surface area contributed by atoms with Crippen LogP contribution in [0.4, 0.5) is 0 Å². The molecule has 0 aliphatic heterocycles. The Balaban J connectivity index is 1.37. The molecule has 1 aliphatic carbocycles. The lowest BCUT2D eigenvalue weighted by Gasteiger charge is -2.10. The summed E-state index contributed by atoms with van der Waals surface area (Å²) >= 11 is 1.73. The third-order valence-electron chi connectivity index (χ3n) is 4.69. The Hall–Kier alpha value is -2.86. The van der Waals surface area contributed by atoms with E-state index in [1.54, 1.807) is 18.0 Å². The van der Waals surface area contributed by atoms with Crippen molar-refractivity contribution in [1.82, 2.24) is 24.5 Å². The van der Waals surface area contributed by atoms with Crippen LogP contribution in [0, 0.1) is 0 Å². The van der Waals surface area contributed by atoms with Gasteiger partial charge < -0.3 is 0 Å². The highest BCUT2D eigenvalue weighted by Gasteiger charge is 2.30. The van der Waals surface area contributed by atoms with E-state index < -0.39 is 0 Å². The molecule has 0 unspecified atom stereocenters. The molecular weight excluding hydrogens is 354 g/mol. The molecule has 6 heteroatoms. The van der Waals surface area contributed by atoms with Crippen LogP contribution in [0.15, 0.2) is 78.2 Å². The van der Waals surface area contributed by atoms with Gasteiger partial charge >= 0.3 is 0 Å². The van der Waals surface area contributed by atoms with E-state index in [1.807, 2.05) is 23.0 Å². The Morgan fingerprint density at radius 1 is 0.889 bits per heavy atom. The minimum atomic E-state index is 0.556. The first-order chi connectivity index (χ1) is 13.4. The number of aromatic nitrogens is 5. The first-order valence-electron chi connectivity index (χ1n) is 9.11. The molecule has 1 fully saturated rings. The van der Waals surface area contributed by atoms with Gasteiger partial charge in [-0.05, 0) is 48.7 Å². The van der Waals surface area contributed by atoms with Crippen LogP contribution in [0.1, 0.15) is 30.1 Å².